The largest absolute Gasteiger partial charge is 0.326 e. The van der Waals surface area contributed by atoms with Gasteiger partial charge >= 0.3 is 0 Å². The quantitative estimate of drug-likeness (QED) is 0.801. The van der Waals surface area contributed by atoms with Crippen LogP contribution in [0.1, 0.15) is 30.3 Å². The molecule has 1 aromatic carbocycles. The first kappa shape index (κ1) is 20.2. The maximum Gasteiger partial charge on any atom is 0.281 e. The van der Waals surface area contributed by atoms with Gasteiger partial charge in [-0.2, -0.15) is 10.1 Å². The van der Waals surface area contributed by atoms with Crippen LogP contribution in [0.3, 0.4) is 0 Å². The van der Waals surface area contributed by atoms with E-state index < -0.39 is 17.5 Å². The molecule has 2 heterocycles. The van der Waals surface area contributed by atoms with Gasteiger partial charge < -0.3 is 5.32 Å². The summed E-state index contributed by atoms with van der Waals surface area (Å²) in [4.78, 5) is 32.3. The summed E-state index contributed by atoms with van der Waals surface area (Å²) in [6, 6.07) is 3.16. The number of nitrogens with zero attached hydrogens (tertiary/aromatic N) is 4. The summed E-state index contributed by atoms with van der Waals surface area (Å²) in [5.41, 5.74) is 3.09. The van der Waals surface area contributed by atoms with E-state index in [0.717, 1.165) is 17.7 Å². The smallest absolute Gasteiger partial charge is 0.281 e. The Morgan fingerprint density at radius 3 is 2.55 bits per heavy atom. The number of aliphatic imine (C=N–C) groups is 2. The van der Waals surface area contributed by atoms with Crippen LogP contribution in [0.2, 0.25) is 0 Å². The van der Waals surface area contributed by atoms with Crippen molar-refractivity contribution in [3.05, 3.63) is 58.9 Å². The number of rotatable bonds is 4. The van der Waals surface area contributed by atoms with E-state index in [-0.39, 0.29) is 29.5 Å². The zero-order valence-electron chi connectivity index (χ0n) is 16.2. The van der Waals surface area contributed by atoms with Crippen molar-refractivity contribution in [1.82, 2.24) is 9.78 Å². The Kier molecular flexibility index (Phi) is 5.49. The van der Waals surface area contributed by atoms with Crippen molar-refractivity contribution in [1.29, 1.82) is 0 Å². The number of benzene rings is 1. The van der Waals surface area contributed by atoms with Crippen LogP contribution in [0.5, 0.6) is 0 Å². The van der Waals surface area contributed by atoms with Gasteiger partial charge in [0.05, 0.1) is 17.0 Å². The number of carbonyl (C=O) groups excluding carboxylic acids is 2. The molecule has 150 valence electrons. The molecule has 0 bridgehead atoms. The molecule has 1 N–H and O–H groups in total. The Balaban J connectivity index is 1.73. The second-order valence-electron chi connectivity index (χ2n) is 6.63. The first-order chi connectivity index (χ1) is 13.7. The minimum absolute atomic E-state index is 0.108. The van der Waals surface area contributed by atoms with Gasteiger partial charge in [-0.25, -0.2) is 18.5 Å². The molecule has 2 aromatic rings. The monoisotopic (exact) mass is 399 g/mol. The van der Waals surface area contributed by atoms with Gasteiger partial charge in [0.15, 0.2) is 11.6 Å². The van der Waals surface area contributed by atoms with Crippen LogP contribution in [0, 0.1) is 25.5 Å². The molecule has 0 aliphatic carbocycles. The van der Waals surface area contributed by atoms with Gasteiger partial charge in [-0.1, -0.05) is 6.58 Å². The SMILES string of the molecule is C=C1C(=O)N=C(n2nc(C)c(CCC(=O)Nc3ccc(F)c(F)c3)c2C)N=C1C. The highest BCUT2D eigenvalue weighted by Crippen LogP contribution is 2.18. The minimum Gasteiger partial charge on any atom is -0.326 e. The third-order valence-corrected chi connectivity index (χ3v) is 4.60. The maximum atomic E-state index is 13.3. The Morgan fingerprint density at radius 1 is 1.17 bits per heavy atom. The molecule has 0 saturated carbocycles. The van der Waals surface area contributed by atoms with E-state index in [1.807, 2.05) is 0 Å². The Hall–Kier alpha value is -3.49. The molecule has 0 fully saturated rings. The third kappa shape index (κ3) is 4.18. The van der Waals surface area contributed by atoms with Crippen LogP contribution in [0.25, 0.3) is 0 Å². The number of anilines is 1. The van der Waals surface area contributed by atoms with Crippen molar-refractivity contribution in [2.24, 2.45) is 9.98 Å². The van der Waals surface area contributed by atoms with E-state index in [9.17, 15) is 18.4 Å². The van der Waals surface area contributed by atoms with Crippen LogP contribution in [0.15, 0.2) is 40.3 Å². The normalized spacial score (nSPS) is 14.0. The van der Waals surface area contributed by atoms with Gasteiger partial charge in [-0.15, -0.1) is 0 Å². The first-order valence-electron chi connectivity index (χ1n) is 8.85. The summed E-state index contributed by atoms with van der Waals surface area (Å²) >= 11 is 0. The van der Waals surface area contributed by atoms with Crippen molar-refractivity contribution in [3.8, 4) is 0 Å². The van der Waals surface area contributed by atoms with Gasteiger partial charge in [0.25, 0.3) is 11.9 Å². The summed E-state index contributed by atoms with van der Waals surface area (Å²) in [6.07, 6.45) is 0.473. The molecular weight excluding hydrogens is 380 g/mol. The predicted octanol–water partition coefficient (Wildman–Crippen LogP) is 3.11. The second-order valence-corrected chi connectivity index (χ2v) is 6.63. The fourth-order valence-corrected chi connectivity index (χ4v) is 2.92. The second kappa shape index (κ2) is 7.86. The molecule has 29 heavy (non-hydrogen) atoms. The standard InChI is InChI=1S/C20H19F2N5O2/c1-10-11(2)23-20(25-19(10)29)27-13(4)15(12(3)26-27)6-8-18(28)24-14-5-7-16(21)17(22)9-14/h5,7,9H,1,6,8H2,2-4H3,(H,24,28). The van der Waals surface area contributed by atoms with Gasteiger partial charge in [-0.3, -0.25) is 9.59 Å². The van der Waals surface area contributed by atoms with Gasteiger partial charge in [-0.05, 0) is 44.9 Å². The van der Waals surface area contributed by atoms with E-state index in [2.05, 4.69) is 27.0 Å². The van der Waals surface area contributed by atoms with E-state index in [1.165, 1.54) is 10.7 Å². The van der Waals surface area contributed by atoms with E-state index in [1.54, 1.807) is 20.8 Å². The van der Waals surface area contributed by atoms with Gasteiger partial charge in [0, 0.05) is 23.9 Å². The molecule has 0 unspecified atom stereocenters. The number of aromatic nitrogens is 2. The Labute approximate surface area is 165 Å². The van der Waals surface area contributed by atoms with Crippen LogP contribution in [0.4, 0.5) is 14.5 Å². The first-order valence-corrected chi connectivity index (χ1v) is 8.85. The van der Waals surface area contributed by atoms with Crippen molar-refractivity contribution >= 4 is 29.2 Å². The number of hydrogen-bond acceptors (Lipinski definition) is 4. The van der Waals surface area contributed by atoms with Crippen LogP contribution < -0.4 is 5.32 Å². The minimum atomic E-state index is -1.03. The number of carbonyl (C=O) groups is 2. The molecule has 0 saturated heterocycles. The van der Waals surface area contributed by atoms with Crippen LogP contribution >= 0.6 is 0 Å². The molecule has 3 rings (SSSR count). The lowest BCUT2D eigenvalue weighted by Crippen LogP contribution is -2.23. The summed E-state index contributed by atoms with van der Waals surface area (Å²) in [5.74, 6) is -2.67. The lowest BCUT2D eigenvalue weighted by Gasteiger charge is -2.11. The number of nitrogens with one attached hydrogen (secondary N) is 1. The average molecular weight is 399 g/mol. The Bertz CT molecular complexity index is 1100. The number of aryl methyl sites for hydroxylation is 1. The maximum absolute atomic E-state index is 13.3. The van der Waals surface area contributed by atoms with Crippen molar-refractivity contribution < 1.29 is 18.4 Å². The summed E-state index contributed by atoms with van der Waals surface area (Å²) in [6.45, 7) is 8.89. The highest BCUT2D eigenvalue weighted by molar-refractivity contribution is 6.27. The predicted molar refractivity (Wildman–Crippen MR) is 105 cm³/mol. The summed E-state index contributed by atoms with van der Waals surface area (Å²) < 4.78 is 27.7. The highest BCUT2D eigenvalue weighted by Gasteiger charge is 2.22. The lowest BCUT2D eigenvalue weighted by molar-refractivity contribution is -0.116. The topological polar surface area (TPSA) is 88.7 Å². The van der Waals surface area contributed by atoms with Crippen molar-refractivity contribution in [2.75, 3.05) is 5.32 Å². The third-order valence-electron chi connectivity index (χ3n) is 4.60. The van der Waals surface area contributed by atoms with Crippen molar-refractivity contribution in [3.63, 3.8) is 0 Å². The molecule has 7 nitrogen and oxygen atoms in total. The van der Waals surface area contributed by atoms with Gasteiger partial charge in [0.1, 0.15) is 0 Å². The molecule has 1 aliphatic heterocycles. The van der Waals surface area contributed by atoms with Crippen LogP contribution in [-0.2, 0) is 16.0 Å². The Morgan fingerprint density at radius 2 is 1.90 bits per heavy atom. The van der Waals surface area contributed by atoms with E-state index >= 15 is 0 Å². The molecular formula is C20H19F2N5O2. The number of amides is 2. The average Bonchev–Trinajstić information content (AvgIpc) is 2.94. The molecule has 0 spiro atoms. The number of halogens is 2. The van der Waals surface area contributed by atoms with E-state index in [0.29, 0.717) is 23.5 Å². The molecule has 0 atom stereocenters. The zero-order valence-corrected chi connectivity index (χ0v) is 16.2. The molecule has 2 amide bonds. The fraction of sp³-hybridized carbons (Fsp3) is 0.250. The molecule has 1 aliphatic rings. The highest BCUT2D eigenvalue weighted by atomic mass is 19.2. The van der Waals surface area contributed by atoms with E-state index in [4.69, 9.17) is 0 Å². The molecule has 1 aromatic heterocycles. The van der Waals surface area contributed by atoms with Crippen LogP contribution in [-0.4, -0.2) is 33.3 Å². The summed E-state index contributed by atoms with van der Waals surface area (Å²) in [7, 11) is 0. The summed E-state index contributed by atoms with van der Waals surface area (Å²) in [5, 5.41) is 6.92. The van der Waals surface area contributed by atoms with Gasteiger partial charge in [0.2, 0.25) is 5.91 Å². The molecule has 9 heteroatoms. The number of hydrogen-bond donors (Lipinski definition) is 1. The van der Waals surface area contributed by atoms with Crippen molar-refractivity contribution in [2.45, 2.75) is 33.6 Å². The zero-order chi connectivity index (χ0) is 21.3. The molecule has 0 radical (unpaired) electrons. The lowest BCUT2D eigenvalue weighted by atomic mass is 10.1. The fourth-order valence-electron chi connectivity index (χ4n) is 2.92.